The quantitative estimate of drug-likeness (QED) is 0.823. The lowest BCUT2D eigenvalue weighted by molar-refractivity contribution is 0.0698. The van der Waals surface area contributed by atoms with E-state index in [1.165, 1.54) is 19.4 Å². The molecular weight excluding hydrogens is 312 g/mol. The molecule has 25 heavy (non-hydrogen) atoms. The van der Waals surface area contributed by atoms with Crippen LogP contribution in [0.4, 0.5) is 0 Å². The van der Waals surface area contributed by atoms with Crippen molar-refractivity contribution in [3.8, 4) is 0 Å². The van der Waals surface area contributed by atoms with Gasteiger partial charge in [0, 0.05) is 44.3 Å². The Bertz CT molecular complexity index is 597. The first-order valence-electron chi connectivity index (χ1n) is 9.82. The third-order valence-electron chi connectivity index (χ3n) is 5.41. The van der Waals surface area contributed by atoms with Crippen LogP contribution in [0.5, 0.6) is 0 Å². The predicted molar refractivity (Wildman–Crippen MR) is 99.6 cm³/mol. The van der Waals surface area contributed by atoms with Gasteiger partial charge in [0.1, 0.15) is 11.5 Å². The molecule has 0 aromatic carbocycles. The van der Waals surface area contributed by atoms with Crippen molar-refractivity contribution in [1.29, 1.82) is 0 Å². The van der Waals surface area contributed by atoms with Gasteiger partial charge in [0.15, 0.2) is 0 Å². The molecule has 138 valence electrons. The molecule has 3 rings (SSSR count). The van der Waals surface area contributed by atoms with E-state index in [4.69, 9.17) is 0 Å². The van der Waals surface area contributed by atoms with Gasteiger partial charge < -0.3 is 4.90 Å². The van der Waals surface area contributed by atoms with Crippen LogP contribution < -0.4 is 0 Å². The first kappa shape index (κ1) is 18.3. The Morgan fingerprint density at radius 3 is 2.64 bits per heavy atom. The molecular formula is C20H32N4O. The molecule has 0 radical (unpaired) electrons. The maximum absolute atomic E-state index is 13.1. The normalized spacial score (nSPS) is 22.5. The van der Waals surface area contributed by atoms with Gasteiger partial charge in [-0.15, -0.1) is 0 Å². The van der Waals surface area contributed by atoms with Crippen molar-refractivity contribution in [3.05, 3.63) is 23.8 Å². The number of carbonyl (C=O) groups excluding carboxylic acids is 1. The van der Waals surface area contributed by atoms with Crippen LogP contribution in [0.15, 0.2) is 12.3 Å². The molecule has 1 amide bonds. The van der Waals surface area contributed by atoms with Crippen LogP contribution >= 0.6 is 0 Å². The number of nitrogens with zero attached hydrogens (tertiary/aromatic N) is 4. The molecule has 0 bridgehead atoms. The molecule has 2 fully saturated rings. The fraction of sp³-hybridized carbons (Fsp3) is 0.750. The monoisotopic (exact) mass is 344 g/mol. The average Bonchev–Trinajstić information content (AvgIpc) is 3.41. The van der Waals surface area contributed by atoms with Gasteiger partial charge in [-0.3, -0.25) is 9.69 Å². The van der Waals surface area contributed by atoms with Crippen molar-refractivity contribution < 1.29 is 4.79 Å². The lowest BCUT2D eigenvalue weighted by Gasteiger charge is -2.34. The van der Waals surface area contributed by atoms with E-state index in [9.17, 15) is 4.79 Å². The highest BCUT2D eigenvalue weighted by atomic mass is 16.2. The lowest BCUT2D eigenvalue weighted by Crippen LogP contribution is -2.46. The van der Waals surface area contributed by atoms with Crippen LogP contribution in [0.25, 0.3) is 0 Å². The van der Waals surface area contributed by atoms with Gasteiger partial charge in [-0.2, -0.15) is 0 Å². The SMILES string of the molecule is CC(C)c1nccc(C(=O)N2CCCN(CC3CC3)[C@H](C(C)C)C2)n1. The van der Waals surface area contributed by atoms with E-state index < -0.39 is 0 Å². The minimum absolute atomic E-state index is 0.0585. The summed E-state index contributed by atoms with van der Waals surface area (Å²) in [6.07, 6.45) is 5.52. The summed E-state index contributed by atoms with van der Waals surface area (Å²) in [5, 5.41) is 0. The fourth-order valence-electron chi connectivity index (χ4n) is 3.67. The minimum Gasteiger partial charge on any atom is -0.336 e. The maximum Gasteiger partial charge on any atom is 0.272 e. The molecule has 2 aliphatic rings. The Balaban J connectivity index is 1.74. The zero-order chi connectivity index (χ0) is 18.0. The van der Waals surface area contributed by atoms with E-state index in [0.29, 0.717) is 17.7 Å². The molecule has 1 aromatic heterocycles. The lowest BCUT2D eigenvalue weighted by atomic mass is 10.0. The summed E-state index contributed by atoms with van der Waals surface area (Å²) in [7, 11) is 0. The average molecular weight is 345 g/mol. The molecule has 1 saturated heterocycles. The number of hydrogen-bond acceptors (Lipinski definition) is 4. The van der Waals surface area contributed by atoms with Crippen molar-refractivity contribution in [1.82, 2.24) is 19.8 Å². The molecule has 1 aliphatic heterocycles. The number of amides is 1. The minimum atomic E-state index is 0.0585. The third kappa shape index (κ3) is 4.57. The van der Waals surface area contributed by atoms with E-state index in [-0.39, 0.29) is 11.8 Å². The van der Waals surface area contributed by atoms with E-state index in [2.05, 4.69) is 42.6 Å². The van der Waals surface area contributed by atoms with Crippen molar-refractivity contribution in [3.63, 3.8) is 0 Å². The zero-order valence-corrected chi connectivity index (χ0v) is 16.1. The molecule has 5 nitrogen and oxygen atoms in total. The molecule has 0 N–H and O–H groups in total. The van der Waals surface area contributed by atoms with Crippen LogP contribution in [0.2, 0.25) is 0 Å². The maximum atomic E-state index is 13.1. The molecule has 1 aliphatic carbocycles. The predicted octanol–water partition coefficient (Wildman–Crippen LogP) is 3.18. The second-order valence-corrected chi connectivity index (χ2v) is 8.31. The van der Waals surface area contributed by atoms with E-state index in [0.717, 1.165) is 37.8 Å². The Kier molecular flexibility index (Phi) is 5.72. The zero-order valence-electron chi connectivity index (χ0n) is 16.1. The largest absolute Gasteiger partial charge is 0.336 e. The number of rotatable bonds is 5. The van der Waals surface area contributed by atoms with Crippen molar-refractivity contribution in [2.75, 3.05) is 26.2 Å². The van der Waals surface area contributed by atoms with Gasteiger partial charge in [0.25, 0.3) is 5.91 Å². The van der Waals surface area contributed by atoms with Crippen LogP contribution in [-0.4, -0.2) is 57.9 Å². The third-order valence-corrected chi connectivity index (χ3v) is 5.41. The molecule has 0 spiro atoms. The molecule has 5 heteroatoms. The first-order valence-corrected chi connectivity index (χ1v) is 9.82. The summed E-state index contributed by atoms with van der Waals surface area (Å²) in [6.45, 7) is 12.6. The van der Waals surface area contributed by atoms with E-state index in [1.54, 1.807) is 12.3 Å². The Hall–Kier alpha value is -1.49. The van der Waals surface area contributed by atoms with Crippen LogP contribution in [0.1, 0.15) is 69.2 Å². The summed E-state index contributed by atoms with van der Waals surface area (Å²) >= 11 is 0. The summed E-state index contributed by atoms with van der Waals surface area (Å²) < 4.78 is 0. The van der Waals surface area contributed by atoms with Crippen molar-refractivity contribution in [2.45, 2.75) is 58.9 Å². The standard InChI is InChI=1S/C20H32N4O/c1-14(2)18-13-24(11-5-10-23(18)12-16-6-7-16)20(25)17-8-9-21-19(22-17)15(3)4/h8-9,14-16,18H,5-7,10-13H2,1-4H3/t18-/m0/s1. The van der Waals surface area contributed by atoms with Gasteiger partial charge in [-0.05, 0) is 37.2 Å². The number of hydrogen-bond donors (Lipinski definition) is 0. The number of aromatic nitrogens is 2. The van der Waals surface area contributed by atoms with Gasteiger partial charge in [-0.25, -0.2) is 9.97 Å². The molecule has 1 atom stereocenters. The van der Waals surface area contributed by atoms with Crippen LogP contribution in [0.3, 0.4) is 0 Å². The smallest absolute Gasteiger partial charge is 0.272 e. The fourth-order valence-corrected chi connectivity index (χ4v) is 3.67. The highest BCUT2D eigenvalue weighted by molar-refractivity contribution is 5.92. The van der Waals surface area contributed by atoms with Crippen molar-refractivity contribution >= 4 is 5.91 Å². The molecule has 1 saturated carbocycles. The molecule has 0 unspecified atom stereocenters. The Labute approximate surface area is 151 Å². The second-order valence-electron chi connectivity index (χ2n) is 8.31. The van der Waals surface area contributed by atoms with Crippen molar-refractivity contribution in [2.24, 2.45) is 11.8 Å². The second kappa shape index (κ2) is 7.81. The Morgan fingerprint density at radius 1 is 1.24 bits per heavy atom. The Morgan fingerprint density at radius 2 is 2.00 bits per heavy atom. The highest BCUT2D eigenvalue weighted by Crippen LogP contribution is 2.32. The summed E-state index contributed by atoms with van der Waals surface area (Å²) in [5.41, 5.74) is 0.539. The molecule has 2 heterocycles. The molecule has 1 aromatic rings. The summed E-state index contributed by atoms with van der Waals surface area (Å²) in [5.74, 6) is 2.47. The van der Waals surface area contributed by atoms with E-state index >= 15 is 0 Å². The van der Waals surface area contributed by atoms with E-state index in [1.807, 2.05) is 4.90 Å². The topological polar surface area (TPSA) is 49.3 Å². The van der Waals surface area contributed by atoms with Gasteiger partial charge in [-0.1, -0.05) is 27.7 Å². The van der Waals surface area contributed by atoms with Gasteiger partial charge in [0.2, 0.25) is 0 Å². The van der Waals surface area contributed by atoms with Crippen LogP contribution in [0, 0.1) is 11.8 Å². The van der Waals surface area contributed by atoms with Crippen LogP contribution in [-0.2, 0) is 0 Å². The van der Waals surface area contributed by atoms with Gasteiger partial charge in [0.05, 0.1) is 0 Å². The summed E-state index contributed by atoms with van der Waals surface area (Å²) in [4.78, 5) is 26.5. The summed E-state index contributed by atoms with van der Waals surface area (Å²) in [6, 6.07) is 2.20. The first-order chi connectivity index (χ1) is 12.0. The van der Waals surface area contributed by atoms with Gasteiger partial charge >= 0.3 is 0 Å². The highest BCUT2D eigenvalue weighted by Gasteiger charge is 2.33. The number of carbonyl (C=O) groups is 1.